The molecule has 1 saturated heterocycles. The molecular formula is C17H16N4O3. The van der Waals surface area contributed by atoms with Gasteiger partial charge in [-0.1, -0.05) is 12.1 Å². The fraction of sp³-hybridized carbons (Fsp3) is 0.294. The zero-order chi connectivity index (χ0) is 16.8. The average Bonchev–Trinajstić information content (AvgIpc) is 2.63. The lowest BCUT2D eigenvalue weighted by atomic mass is 10.1. The van der Waals surface area contributed by atoms with Crippen molar-refractivity contribution in [3.05, 3.63) is 47.7 Å². The highest BCUT2D eigenvalue weighted by Crippen LogP contribution is 2.22. The number of aromatic nitrogens is 2. The first-order chi connectivity index (χ1) is 11.8. The number of hydrogen-bond donors (Lipinski definition) is 1. The Labute approximate surface area is 139 Å². The number of para-hydroxylation sites is 1. The van der Waals surface area contributed by atoms with Gasteiger partial charge in [0.25, 0.3) is 5.91 Å². The van der Waals surface area contributed by atoms with E-state index in [4.69, 9.17) is 14.7 Å². The summed E-state index contributed by atoms with van der Waals surface area (Å²) >= 11 is 0. The van der Waals surface area contributed by atoms with E-state index in [9.17, 15) is 4.79 Å². The third-order valence-electron chi connectivity index (χ3n) is 3.65. The molecule has 0 spiro atoms. The fourth-order valence-corrected chi connectivity index (χ4v) is 2.36. The Bertz CT molecular complexity index is 749. The van der Waals surface area contributed by atoms with E-state index in [1.54, 1.807) is 36.4 Å². The molecule has 1 amide bonds. The van der Waals surface area contributed by atoms with E-state index in [0.29, 0.717) is 24.5 Å². The van der Waals surface area contributed by atoms with Crippen LogP contribution < -0.4 is 10.1 Å². The van der Waals surface area contributed by atoms with E-state index in [1.807, 2.05) is 6.07 Å². The first-order valence-electron chi connectivity index (χ1n) is 7.65. The summed E-state index contributed by atoms with van der Waals surface area (Å²) < 4.78 is 10.8. The molecule has 1 aromatic carbocycles. The molecular weight excluding hydrogens is 308 g/mol. The molecule has 7 nitrogen and oxygen atoms in total. The molecule has 2 heterocycles. The molecule has 3 rings (SSSR count). The van der Waals surface area contributed by atoms with Gasteiger partial charge < -0.3 is 14.8 Å². The van der Waals surface area contributed by atoms with Gasteiger partial charge in [-0.15, -0.1) is 10.2 Å². The van der Waals surface area contributed by atoms with E-state index < -0.39 is 0 Å². The highest BCUT2D eigenvalue weighted by molar-refractivity contribution is 5.92. The fourth-order valence-electron chi connectivity index (χ4n) is 2.36. The maximum atomic E-state index is 12.1. The van der Waals surface area contributed by atoms with Crippen molar-refractivity contribution in [3.63, 3.8) is 0 Å². The summed E-state index contributed by atoms with van der Waals surface area (Å²) in [5.74, 6) is 0.354. The Morgan fingerprint density at radius 3 is 2.71 bits per heavy atom. The van der Waals surface area contributed by atoms with Crippen LogP contribution in [0.5, 0.6) is 11.6 Å². The molecule has 1 aliphatic rings. The van der Waals surface area contributed by atoms with E-state index in [2.05, 4.69) is 15.5 Å². The molecule has 0 saturated carbocycles. The molecule has 122 valence electrons. The number of nitrogens with one attached hydrogen (secondary N) is 1. The van der Waals surface area contributed by atoms with Gasteiger partial charge in [0.05, 0.1) is 5.56 Å². The average molecular weight is 324 g/mol. The van der Waals surface area contributed by atoms with Gasteiger partial charge in [0.2, 0.25) is 5.88 Å². The van der Waals surface area contributed by atoms with Gasteiger partial charge in [0, 0.05) is 25.3 Å². The summed E-state index contributed by atoms with van der Waals surface area (Å²) in [6, 6.07) is 12.1. The van der Waals surface area contributed by atoms with Crippen LogP contribution in [0.3, 0.4) is 0 Å². The van der Waals surface area contributed by atoms with Crippen molar-refractivity contribution in [2.24, 2.45) is 0 Å². The van der Waals surface area contributed by atoms with Crippen molar-refractivity contribution in [1.29, 1.82) is 5.26 Å². The maximum Gasteiger partial charge on any atom is 0.272 e. The van der Waals surface area contributed by atoms with E-state index in [0.717, 1.165) is 12.8 Å². The Morgan fingerprint density at radius 1 is 1.21 bits per heavy atom. The monoisotopic (exact) mass is 324 g/mol. The van der Waals surface area contributed by atoms with Gasteiger partial charge in [-0.05, 0) is 31.0 Å². The lowest BCUT2D eigenvalue weighted by Crippen LogP contribution is -2.39. The minimum atomic E-state index is -0.265. The van der Waals surface area contributed by atoms with Gasteiger partial charge >= 0.3 is 0 Å². The maximum absolute atomic E-state index is 12.1. The summed E-state index contributed by atoms with van der Waals surface area (Å²) in [7, 11) is 0. The van der Waals surface area contributed by atoms with Crippen LogP contribution in [0.1, 0.15) is 28.9 Å². The summed E-state index contributed by atoms with van der Waals surface area (Å²) in [6.07, 6.45) is 1.59. The summed E-state index contributed by atoms with van der Waals surface area (Å²) in [4.78, 5) is 12.1. The largest absolute Gasteiger partial charge is 0.436 e. The van der Waals surface area contributed by atoms with Crippen LogP contribution in [0.15, 0.2) is 36.4 Å². The minimum Gasteiger partial charge on any atom is -0.436 e. The molecule has 7 heteroatoms. The molecule has 1 aromatic heterocycles. The predicted octanol–water partition coefficient (Wildman–Crippen LogP) is 2.05. The topological polar surface area (TPSA) is 97.1 Å². The number of carbonyl (C=O) groups excluding carboxylic acids is 1. The van der Waals surface area contributed by atoms with Gasteiger partial charge in [-0.2, -0.15) is 5.26 Å². The first kappa shape index (κ1) is 15.9. The standard InChI is InChI=1S/C17H16N4O3/c18-11-12-3-1-2-4-15(12)24-16-6-5-14(20-21-16)17(22)19-13-7-9-23-10-8-13/h1-6,13H,7-10H2,(H,19,22). The second kappa shape index (κ2) is 7.53. The van der Waals surface area contributed by atoms with E-state index >= 15 is 0 Å². The van der Waals surface area contributed by atoms with Crippen molar-refractivity contribution in [1.82, 2.24) is 15.5 Å². The number of benzene rings is 1. The molecule has 0 unspecified atom stereocenters. The van der Waals surface area contributed by atoms with Crippen molar-refractivity contribution in [2.75, 3.05) is 13.2 Å². The van der Waals surface area contributed by atoms with Crippen LogP contribution in [-0.4, -0.2) is 35.4 Å². The SMILES string of the molecule is N#Cc1ccccc1Oc1ccc(C(=O)NC2CCOCC2)nn1. The number of hydrogen-bond acceptors (Lipinski definition) is 6. The Kier molecular flexibility index (Phi) is 4.99. The van der Waals surface area contributed by atoms with E-state index in [-0.39, 0.29) is 23.5 Å². The molecule has 0 aliphatic carbocycles. The molecule has 1 fully saturated rings. The molecule has 24 heavy (non-hydrogen) atoms. The lowest BCUT2D eigenvalue weighted by molar-refractivity contribution is 0.0693. The highest BCUT2D eigenvalue weighted by atomic mass is 16.5. The Morgan fingerprint density at radius 2 is 2.00 bits per heavy atom. The number of ether oxygens (including phenoxy) is 2. The van der Waals surface area contributed by atoms with Gasteiger partial charge in [0.15, 0.2) is 5.69 Å². The van der Waals surface area contributed by atoms with Crippen molar-refractivity contribution >= 4 is 5.91 Å². The smallest absolute Gasteiger partial charge is 0.272 e. The number of nitriles is 1. The quantitative estimate of drug-likeness (QED) is 0.924. The van der Waals surface area contributed by atoms with Gasteiger partial charge in [-0.25, -0.2) is 0 Å². The number of nitrogens with zero attached hydrogens (tertiary/aromatic N) is 3. The Hall–Kier alpha value is -2.98. The second-order valence-corrected chi connectivity index (χ2v) is 5.33. The molecule has 2 aromatic rings. The number of rotatable bonds is 4. The van der Waals surface area contributed by atoms with Crippen LogP contribution in [0.25, 0.3) is 0 Å². The summed E-state index contributed by atoms with van der Waals surface area (Å²) in [5, 5.41) is 19.7. The first-order valence-corrected chi connectivity index (χ1v) is 7.65. The van der Waals surface area contributed by atoms with Crippen LogP contribution in [0, 0.1) is 11.3 Å². The Balaban J connectivity index is 1.64. The molecule has 0 bridgehead atoms. The third-order valence-corrected chi connectivity index (χ3v) is 3.65. The lowest BCUT2D eigenvalue weighted by Gasteiger charge is -2.22. The molecule has 1 N–H and O–H groups in total. The van der Waals surface area contributed by atoms with E-state index in [1.165, 1.54) is 0 Å². The second-order valence-electron chi connectivity index (χ2n) is 5.33. The molecule has 0 radical (unpaired) electrons. The predicted molar refractivity (Wildman–Crippen MR) is 84.6 cm³/mol. The normalized spacial score (nSPS) is 14.6. The van der Waals surface area contributed by atoms with Crippen molar-refractivity contribution in [3.8, 4) is 17.7 Å². The van der Waals surface area contributed by atoms with Crippen LogP contribution in [0.4, 0.5) is 0 Å². The summed E-state index contributed by atoms with van der Waals surface area (Å²) in [5.41, 5.74) is 0.628. The van der Waals surface area contributed by atoms with Gasteiger partial charge in [-0.3, -0.25) is 4.79 Å². The van der Waals surface area contributed by atoms with Crippen LogP contribution in [-0.2, 0) is 4.74 Å². The van der Waals surface area contributed by atoms with Crippen LogP contribution >= 0.6 is 0 Å². The zero-order valence-electron chi connectivity index (χ0n) is 12.9. The molecule has 1 aliphatic heterocycles. The van der Waals surface area contributed by atoms with Crippen LogP contribution in [0.2, 0.25) is 0 Å². The number of amides is 1. The van der Waals surface area contributed by atoms with Crippen molar-refractivity contribution < 1.29 is 14.3 Å². The summed E-state index contributed by atoms with van der Waals surface area (Å²) in [6.45, 7) is 1.31. The van der Waals surface area contributed by atoms with Crippen molar-refractivity contribution in [2.45, 2.75) is 18.9 Å². The zero-order valence-corrected chi connectivity index (χ0v) is 12.9. The number of carbonyl (C=O) groups is 1. The minimum absolute atomic E-state index is 0.103. The molecule has 0 atom stereocenters. The highest BCUT2D eigenvalue weighted by Gasteiger charge is 2.18. The van der Waals surface area contributed by atoms with Gasteiger partial charge in [0.1, 0.15) is 11.8 Å². The third kappa shape index (κ3) is 3.86.